The molecule has 1 aliphatic heterocycles. The van der Waals surface area contributed by atoms with Gasteiger partial charge in [-0.3, -0.25) is 0 Å². The molecule has 1 aliphatic rings. The summed E-state index contributed by atoms with van der Waals surface area (Å²) >= 11 is 1.86. The molecular weight excluding hydrogens is 196 g/mol. The Labute approximate surface area is 87.7 Å². The summed E-state index contributed by atoms with van der Waals surface area (Å²) in [5.41, 5.74) is 4.99. The predicted molar refractivity (Wildman–Crippen MR) is 58.8 cm³/mol. The number of anilines is 1. The van der Waals surface area contributed by atoms with Crippen LogP contribution in [0.5, 0.6) is 0 Å². The molecule has 0 saturated carbocycles. The highest BCUT2D eigenvalue weighted by molar-refractivity contribution is 7.98. The lowest BCUT2D eigenvalue weighted by atomic mass is 10.2. The monoisotopic (exact) mass is 210 g/mol. The summed E-state index contributed by atoms with van der Waals surface area (Å²) in [6, 6.07) is 0. The first-order valence-electron chi connectivity index (χ1n) is 4.78. The molecule has 0 amide bonds. The molecule has 0 fully saturated rings. The Kier molecular flexibility index (Phi) is 2.88. The quantitative estimate of drug-likeness (QED) is 0.584. The summed E-state index contributed by atoms with van der Waals surface area (Å²) in [5, 5.41) is 0. The standard InChI is InChI=1S/C9H14N4S/c1-2-3-8-11-7-5-14-4-6(7)9(12-8)13-10/h2-5,10H2,1H3,(H,11,12,13). The van der Waals surface area contributed by atoms with Crippen molar-refractivity contribution in [1.82, 2.24) is 9.97 Å². The van der Waals surface area contributed by atoms with E-state index in [-0.39, 0.29) is 0 Å². The Balaban J connectivity index is 2.39. The molecule has 14 heavy (non-hydrogen) atoms. The Morgan fingerprint density at radius 2 is 2.29 bits per heavy atom. The fourth-order valence-corrected chi connectivity index (χ4v) is 2.60. The van der Waals surface area contributed by atoms with Crippen LogP contribution in [-0.2, 0) is 17.9 Å². The number of hydrogen-bond donors (Lipinski definition) is 2. The van der Waals surface area contributed by atoms with Crippen molar-refractivity contribution in [3.05, 3.63) is 17.1 Å². The molecule has 1 aromatic rings. The number of thioether (sulfide) groups is 1. The summed E-state index contributed by atoms with van der Waals surface area (Å²) in [4.78, 5) is 8.92. The largest absolute Gasteiger partial charge is 0.308 e. The maximum atomic E-state index is 5.44. The minimum atomic E-state index is 0.809. The van der Waals surface area contributed by atoms with Gasteiger partial charge in [0.25, 0.3) is 0 Å². The van der Waals surface area contributed by atoms with Crippen LogP contribution in [0.1, 0.15) is 30.4 Å². The number of rotatable bonds is 3. The zero-order valence-electron chi connectivity index (χ0n) is 8.21. The second-order valence-corrected chi connectivity index (χ2v) is 4.29. The first kappa shape index (κ1) is 9.73. The van der Waals surface area contributed by atoms with Gasteiger partial charge < -0.3 is 5.43 Å². The van der Waals surface area contributed by atoms with Crippen molar-refractivity contribution in [3.8, 4) is 0 Å². The van der Waals surface area contributed by atoms with Crippen molar-refractivity contribution in [2.75, 3.05) is 5.43 Å². The molecule has 0 saturated heterocycles. The van der Waals surface area contributed by atoms with Crippen molar-refractivity contribution < 1.29 is 0 Å². The molecule has 4 nitrogen and oxygen atoms in total. The SMILES string of the molecule is CCCc1nc2c(c(NN)n1)CSC2. The van der Waals surface area contributed by atoms with E-state index in [2.05, 4.69) is 22.3 Å². The average Bonchev–Trinajstić information content (AvgIpc) is 2.65. The maximum absolute atomic E-state index is 5.44. The summed E-state index contributed by atoms with van der Waals surface area (Å²) in [6.07, 6.45) is 1.99. The van der Waals surface area contributed by atoms with E-state index in [0.717, 1.165) is 41.7 Å². The van der Waals surface area contributed by atoms with Gasteiger partial charge in [-0.1, -0.05) is 6.92 Å². The first-order valence-corrected chi connectivity index (χ1v) is 5.93. The second kappa shape index (κ2) is 4.14. The molecule has 0 radical (unpaired) electrons. The van der Waals surface area contributed by atoms with Crippen LogP contribution in [0.15, 0.2) is 0 Å². The van der Waals surface area contributed by atoms with Crippen LogP contribution in [0, 0.1) is 0 Å². The van der Waals surface area contributed by atoms with Gasteiger partial charge in [0.2, 0.25) is 0 Å². The third kappa shape index (κ3) is 1.69. The number of aromatic nitrogens is 2. The molecule has 1 aromatic heterocycles. The van der Waals surface area contributed by atoms with Gasteiger partial charge in [-0.15, -0.1) is 0 Å². The van der Waals surface area contributed by atoms with Gasteiger partial charge in [-0.05, 0) is 6.42 Å². The second-order valence-electron chi connectivity index (χ2n) is 3.30. The summed E-state index contributed by atoms with van der Waals surface area (Å²) < 4.78 is 0. The molecule has 0 aromatic carbocycles. The Bertz CT molecular complexity index is 340. The number of nitrogens with zero attached hydrogens (tertiary/aromatic N) is 2. The molecule has 0 spiro atoms. The van der Waals surface area contributed by atoms with Crippen LogP contribution in [0.2, 0.25) is 0 Å². The molecule has 2 heterocycles. The van der Waals surface area contributed by atoms with Crippen molar-refractivity contribution in [3.63, 3.8) is 0 Å². The maximum Gasteiger partial charge on any atom is 0.148 e. The van der Waals surface area contributed by atoms with Gasteiger partial charge in [0.1, 0.15) is 11.6 Å². The van der Waals surface area contributed by atoms with Crippen molar-refractivity contribution in [2.45, 2.75) is 31.3 Å². The van der Waals surface area contributed by atoms with Crippen LogP contribution < -0.4 is 11.3 Å². The molecule has 0 bridgehead atoms. The molecule has 0 aliphatic carbocycles. The van der Waals surface area contributed by atoms with Crippen LogP contribution in [0.3, 0.4) is 0 Å². The topological polar surface area (TPSA) is 63.8 Å². The van der Waals surface area contributed by atoms with E-state index in [0.29, 0.717) is 0 Å². The summed E-state index contributed by atoms with van der Waals surface area (Å²) in [6.45, 7) is 2.13. The Morgan fingerprint density at radius 3 is 3.00 bits per heavy atom. The minimum Gasteiger partial charge on any atom is -0.308 e. The zero-order chi connectivity index (χ0) is 9.97. The fraction of sp³-hybridized carbons (Fsp3) is 0.556. The van der Waals surface area contributed by atoms with Gasteiger partial charge in [0.15, 0.2) is 0 Å². The number of fused-ring (bicyclic) bond motifs is 1. The lowest BCUT2D eigenvalue weighted by molar-refractivity contribution is 0.820. The van der Waals surface area contributed by atoms with E-state index >= 15 is 0 Å². The molecular formula is C9H14N4S. The molecule has 2 rings (SSSR count). The van der Waals surface area contributed by atoms with Gasteiger partial charge >= 0.3 is 0 Å². The smallest absolute Gasteiger partial charge is 0.148 e. The zero-order valence-corrected chi connectivity index (χ0v) is 9.02. The van der Waals surface area contributed by atoms with E-state index in [1.165, 1.54) is 5.56 Å². The highest BCUT2D eigenvalue weighted by Crippen LogP contribution is 2.32. The number of nitrogen functional groups attached to an aromatic ring is 1. The van der Waals surface area contributed by atoms with Crippen LogP contribution in [0.4, 0.5) is 5.82 Å². The third-order valence-electron chi connectivity index (χ3n) is 2.23. The Hall–Kier alpha value is -0.810. The number of hydrazine groups is 1. The molecule has 0 atom stereocenters. The summed E-state index contributed by atoms with van der Waals surface area (Å²) in [7, 11) is 0. The number of nitrogens with one attached hydrogen (secondary N) is 1. The lowest BCUT2D eigenvalue weighted by Crippen LogP contribution is -2.13. The molecule has 76 valence electrons. The summed E-state index contributed by atoms with van der Waals surface area (Å²) in [5.74, 6) is 9.11. The van der Waals surface area contributed by atoms with Gasteiger partial charge in [-0.2, -0.15) is 11.8 Å². The lowest BCUT2D eigenvalue weighted by Gasteiger charge is -2.07. The number of aryl methyl sites for hydroxylation is 1. The number of hydrogen-bond acceptors (Lipinski definition) is 5. The number of nitrogens with two attached hydrogens (primary N) is 1. The molecule has 0 unspecified atom stereocenters. The third-order valence-corrected chi connectivity index (χ3v) is 3.20. The van der Waals surface area contributed by atoms with Crippen LogP contribution in [-0.4, -0.2) is 9.97 Å². The first-order chi connectivity index (χ1) is 6.85. The predicted octanol–water partition coefficient (Wildman–Crippen LogP) is 1.46. The molecule has 5 heteroatoms. The van der Waals surface area contributed by atoms with Gasteiger partial charge in [-0.25, -0.2) is 15.8 Å². The molecule has 3 N–H and O–H groups in total. The van der Waals surface area contributed by atoms with Crippen LogP contribution in [0.25, 0.3) is 0 Å². The van der Waals surface area contributed by atoms with E-state index in [1.54, 1.807) is 0 Å². The fourth-order valence-electron chi connectivity index (χ4n) is 1.56. The van der Waals surface area contributed by atoms with Crippen LogP contribution >= 0.6 is 11.8 Å². The van der Waals surface area contributed by atoms with Crippen molar-refractivity contribution in [2.24, 2.45) is 5.84 Å². The van der Waals surface area contributed by atoms with E-state index in [4.69, 9.17) is 5.84 Å². The van der Waals surface area contributed by atoms with E-state index < -0.39 is 0 Å². The highest BCUT2D eigenvalue weighted by Gasteiger charge is 2.18. The highest BCUT2D eigenvalue weighted by atomic mass is 32.2. The van der Waals surface area contributed by atoms with Crippen molar-refractivity contribution in [1.29, 1.82) is 0 Å². The Morgan fingerprint density at radius 1 is 1.43 bits per heavy atom. The minimum absolute atomic E-state index is 0.809. The van der Waals surface area contributed by atoms with E-state index in [9.17, 15) is 0 Å². The van der Waals surface area contributed by atoms with Crippen molar-refractivity contribution >= 4 is 17.6 Å². The normalized spacial score (nSPS) is 14.1. The average molecular weight is 210 g/mol. The van der Waals surface area contributed by atoms with E-state index in [1.807, 2.05) is 11.8 Å². The van der Waals surface area contributed by atoms with Gasteiger partial charge in [0.05, 0.1) is 5.69 Å². The van der Waals surface area contributed by atoms with Gasteiger partial charge in [0, 0.05) is 23.5 Å².